The average molecular weight is 498 g/mol. The summed E-state index contributed by atoms with van der Waals surface area (Å²) in [4.78, 5) is 12.7. The summed E-state index contributed by atoms with van der Waals surface area (Å²) in [5.41, 5.74) is 5.11. The molecule has 5 nitrogen and oxygen atoms in total. The Hall–Kier alpha value is -1.51. The zero-order chi connectivity index (χ0) is 19.2. The summed E-state index contributed by atoms with van der Waals surface area (Å²) < 4.78 is 4.08. The fraction of sp³-hybridized carbons (Fsp3) is 0.350. The first-order valence-electron chi connectivity index (χ1n) is 8.89. The standard InChI is InChI=1S/C20H25ClIN5/c1-14(2)19(22-4-6-24-7-5-22)18(13-23-3)27-12-15-10-16(21)20-17(11-15)25-8-9-26-20/h8-11,13,24,27H,3-7,12H2,1-2H3/b18-13+. The Morgan fingerprint density at radius 3 is 2.74 bits per heavy atom. The second-order valence-corrected chi connectivity index (χ2v) is 12.7. The summed E-state index contributed by atoms with van der Waals surface area (Å²) >= 11 is 5.18. The van der Waals surface area contributed by atoms with Crippen LogP contribution in [0.2, 0.25) is 5.02 Å². The molecule has 0 unspecified atom stereocenters. The Morgan fingerprint density at radius 1 is 1.30 bits per heavy atom. The first kappa shape index (κ1) is 20.2. The number of rotatable bonds is 6. The van der Waals surface area contributed by atoms with Crippen molar-refractivity contribution in [1.82, 2.24) is 20.6 Å². The van der Waals surface area contributed by atoms with E-state index in [1.165, 1.54) is 18.0 Å². The Morgan fingerprint density at radius 2 is 2.04 bits per heavy atom. The fourth-order valence-corrected chi connectivity index (χ4v) is 9.75. The van der Waals surface area contributed by atoms with Gasteiger partial charge in [0, 0.05) is 0 Å². The van der Waals surface area contributed by atoms with Crippen LogP contribution in [-0.4, -0.2) is 38.6 Å². The van der Waals surface area contributed by atoms with E-state index in [0.717, 1.165) is 35.4 Å². The van der Waals surface area contributed by atoms with Crippen molar-refractivity contribution < 1.29 is 0 Å². The van der Waals surface area contributed by atoms with E-state index < -0.39 is 19.8 Å². The molecule has 1 saturated heterocycles. The van der Waals surface area contributed by atoms with E-state index in [-0.39, 0.29) is 0 Å². The van der Waals surface area contributed by atoms with Gasteiger partial charge in [-0.15, -0.1) is 0 Å². The molecule has 144 valence electrons. The van der Waals surface area contributed by atoms with Crippen LogP contribution in [0.15, 0.2) is 50.6 Å². The summed E-state index contributed by atoms with van der Waals surface area (Å²) in [5.74, 6) is 0. The number of nitrogens with one attached hydrogen (secondary N) is 2. The molecular weight excluding hydrogens is 473 g/mol. The molecule has 1 fully saturated rings. The van der Waals surface area contributed by atoms with Crippen LogP contribution in [0.1, 0.15) is 19.4 Å². The SMILES string of the molecule is C=N/C=C(/NCc1cc(Cl)c2nccnc2c1)C(=C(C)C)I1CCNCC1. The van der Waals surface area contributed by atoms with Crippen LogP contribution in [0.4, 0.5) is 0 Å². The molecule has 0 amide bonds. The van der Waals surface area contributed by atoms with Gasteiger partial charge in [0.1, 0.15) is 0 Å². The van der Waals surface area contributed by atoms with E-state index in [4.69, 9.17) is 11.6 Å². The van der Waals surface area contributed by atoms with E-state index in [9.17, 15) is 0 Å². The molecule has 27 heavy (non-hydrogen) atoms. The molecule has 7 heteroatoms. The summed E-state index contributed by atoms with van der Waals surface area (Å²) in [7, 11) is 0. The fourth-order valence-electron chi connectivity index (χ4n) is 3.11. The van der Waals surface area contributed by atoms with E-state index in [2.05, 4.69) is 46.2 Å². The third-order valence-electron chi connectivity index (χ3n) is 4.23. The summed E-state index contributed by atoms with van der Waals surface area (Å²) in [6.07, 6.45) is 5.21. The number of allylic oxidation sites excluding steroid dienone is 2. The van der Waals surface area contributed by atoms with E-state index in [1.54, 1.807) is 12.4 Å². The molecule has 2 N–H and O–H groups in total. The quantitative estimate of drug-likeness (QED) is 0.270. The van der Waals surface area contributed by atoms with Crippen LogP contribution in [0.5, 0.6) is 0 Å². The molecule has 0 bridgehead atoms. The minimum absolute atomic E-state index is 0.626. The van der Waals surface area contributed by atoms with Crippen molar-refractivity contribution in [3.63, 3.8) is 0 Å². The molecule has 0 radical (unpaired) electrons. The first-order chi connectivity index (χ1) is 13.1. The van der Waals surface area contributed by atoms with Crippen LogP contribution >= 0.6 is 31.4 Å². The van der Waals surface area contributed by atoms with Gasteiger partial charge in [-0.1, -0.05) is 0 Å². The zero-order valence-electron chi connectivity index (χ0n) is 15.7. The molecule has 0 aliphatic carbocycles. The molecule has 0 atom stereocenters. The van der Waals surface area contributed by atoms with Gasteiger partial charge in [-0.3, -0.25) is 0 Å². The Bertz CT molecular complexity index is 883. The molecule has 0 saturated carbocycles. The number of fused-ring (bicyclic) bond motifs is 1. The number of nitrogens with zero attached hydrogens (tertiary/aromatic N) is 3. The van der Waals surface area contributed by atoms with Crippen LogP contribution in [-0.2, 0) is 6.54 Å². The van der Waals surface area contributed by atoms with Crippen molar-refractivity contribution in [3.8, 4) is 0 Å². The second-order valence-electron chi connectivity index (χ2n) is 6.48. The van der Waals surface area contributed by atoms with Gasteiger partial charge in [-0.2, -0.15) is 0 Å². The number of benzene rings is 1. The maximum atomic E-state index is 6.39. The van der Waals surface area contributed by atoms with Gasteiger partial charge in [-0.05, 0) is 0 Å². The van der Waals surface area contributed by atoms with Crippen molar-refractivity contribution in [1.29, 1.82) is 0 Å². The van der Waals surface area contributed by atoms with Crippen LogP contribution in [0.25, 0.3) is 11.0 Å². The minimum atomic E-state index is -1.21. The normalized spacial score (nSPS) is 16.3. The Balaban J connectivity index is 1.83. The van der Waals surface area contributed by atoms with Gasteiger partial charge >= 0.3 is 173 Å². The average Bonchev–Trinajstić information content (AvgIpc) is 2.67. The number of alkyl halides is 2. The van der Waals surface area contributed by atoms with Crippen molar-refractivity contribution in [3.05, 3.63) is 56.2 Å². The monoisotopic (exact) mass is 497 g/mol. The number of hydrogen-bond acceptors (Lipinski definition) is 5. The Labute approximate surface area is 172 Å². The number of aromatic nitrogens is 2. The molecular formula is C20H25ClIN5. The van der Waals surface area contributed by atoms with Crippen molar-refractivity contribution in [2.75, 3.05) is 21.9 Å². The van der Waals surface area contributed by atoms with Crippen LogP contribution < -0.4 is 10.6 Å². The topological polar surface area (TPSA) is 62.2 Å². The summed E-state index contributed by atoms with van der Waals surface area (Å²) in [6.45, 7) is 11.0. The van der Waals surface area contributed by atoms with Gasteiger partial charge in [-0.25, -0.2) is 0 Å². The van der Waals surface area contributed by atoms with E-state index in [1.807, 2.05) is 18.3 Å². The summed E-state index contributed by atoms with van der Waals surface area (Å²) in [5, 5.41) is 7.69. The van der Waals surface area contributed by atoms with Crippen LogP contribution in [0, 0.1) is 0 Å². The molecule has 1 aliphatic rings. The molecule has 1 aromatic heterocycles. The third-order valence-corrected chi connectivity index (χ3v) is 11.4. The van der Waals surface area contributed by atoms with Gasteiger partial charge in [0.15, 0.2) is 0 Å². The zero-order valence-corrected chi connectivity index (χ0v) is 18.6. The van der Waals surface area contributed by atoms with E-state index >= 15 is 0 Å². The number of hydrogen-bond donors (Lipinski definition) is 2. The number of aliphatic imine (C=N–C) groups is 1. The molecule has 1 aromatic carbocycles. The molecule has 2 heterocycles. The molecule has 2 aromatic rings. The number of halogens is 2. The predicted octanol–water partition coefficient (Wildman–Crippen LogP) is 4.32. The molecule has 0 spiro atoms. The Kier molecular flexibility index (Phi) is 7.20. The van der Waals surface area contributed by atoms with Crippen molar-refractivity contribution in [2.45, 2.75) is 20.4 Å². The van der Waals surface area contributed by atoms with Gasteiger partial charge in [0.05, 0.1) is 0 Å². The van der Waals surface area contributed by atoms with Crippen LogP contribution in [0.3, 0.4) is 0 Å². The molecule has 1 aliphatic heterocycles. The maximum absolute atomic E-state index is 6.39. The van der Waals surface area contributed by atoms with Crippen molar-refractivity contribution in [2.24, 2.45) is 4.99 Å². The third kappa shape index (κ3) is 5.06. The first-order valence-corrected chi connectivity index (χ1v) is 13.4. The van der Waals surface area contributed by atoms with E-state index in [0.29, 0.717) is 11.6 Å². The van der Waals surface area contributed by atoms with Gasteiger partial charge < -0.3 is 0 Å². The summed E-state index contributed by atoms with van der Waals surface area (Å²) in [6, 6.07) is 3.99. The second kappa shape index (κ2) is 9.61. The molecule has 3 rings (SSSR count). The van der Waals surface area contributed by atoms with Gasteiger partial charge in [0.25, 0.3) is 0 Å². The van der Waals surface area contributed by atoms with Gasteiger partial charge in [0.2, 0.25) is 0 Å². The van der Waals surface area contributed by atoms with Crippen molar-refractivity contribution >= 4 is 49.2 Å². The predicted molar refractivity (Wildman–Crippen MR) is 124 cm³/mol.